The third kappa shape index (κ3) is 4.01. The Hall–Kier alpha value is -1.92. The molecule has 3 aliphatic heterocycles. The fraction of sp³-hybridized carbons (Fsp3) is 0.550. The first-order valence-corrected chi connectivity index (χ1v) is 10.0. The van der Waals surface area contributed by atoms with E-state index >= 15 is 0 Å². The summed E-state index contributed by atoms with van der Waals surface area (Å²) in [7, 11) is 0. The van der Waals surface area contributed by atoms with Crippen molar-refractivity contribution < 1.29 is 9.53 Å². The summed E-state index contributed by atoms with van der Waals surface area (Å²) in [5, 5.41) is 3.73. The van der Waals surface area contributed by atoms with Gasteiger partial charge in [0.15, 0.2) is 5.78 Å². The monoisotopic (exact) mass is 388 g/mol. The van der Waals surface area contributed by atoms with Crippen LogP contribution in [0.25, 0.3) is 0 Å². The van der Waals surface area contributed by atoms with Crippen LogP contribution in [0.3, 0.4) is 0 Å². The van der Waals surface area contributed by atoms with Crippen LogP contribution in [-0.2, 0) is 4.79 Å². The van der Waals surface area contributed by atoms with Gasteiger partial charge >= 0.3 is 0 Å². The van der Waals surface area contributed by atoms with Crippen molar-refractivity contribution >= 4 is 23.6 Å². The second-order valence-electron chi connectivity index (χ2n) is 7.57. The number of hydrogen-bond acceptors (Lipinski definition) is 6. The molecule has 7 heteroatoms. The first kappa shape index (κ1) is 18.4. The molecular formula is C20H25ClN4O2. The van der Waals surface area contributed by atoms with Crippen molar-refractivity contribution in [2.24, 2.45) is 10.9 Å². The Balaban J connectivity index is 1.42. The van der Waals surface area contributed by atoms with E-state index in [9.17, 15) is 4.79 Å². The van der Waals surface area contributed by atoms with Gasteiger partial charge in [-0.15, -0.1) is 0 Å². The maximum absolute atomic E-state index is 11.8. The lowest BCUT2D eigenvalue weighted by atomic mass is 9.83. The number of aliphatic imine (C=N–C) groups is 1. The van der Waals surface area contributed by atoms with E-state index in [1.165, 1.54) is 5.56 Å². The topological polar surface area (TPSA) is 66.8 Å². The average Bonchev–Trinajstić information content (AvgIpc) is 3.13. The Morgan fingerprint density at radius 2 is 2.26 bits per heavy atom. The molecule has 4 heterocycles. The van der Waals surface area contributed by atoms with Gasteiger partial charge in [0, 0.05) is 31.4 Å². The second kappa shape index (κ2) is 7.98. The molecule has 6 nitrogen and oxygen atoms in total. The number of nitrogens with one attached hydrogen (secondary N) is 1. The van der Waals surface area contributed by atoms with E-state index in [0.29, 0.717) is 30.0 Å². The van der Waals surface area contributed by atoms with Crippen LogP contribution in [0.2, 0.25) is 0 Å². The van der Waals surface area contributed by atoms with E-state index in [-0.39, 0.29) is 23.5 Å². The first-order valence-electron chi connectivity index (χ1n) is 9.63. The fourth-order valence-corrected chi connectivity index (χ4v) is 4.38. The number of nitrogens with zero attached hydrogens (tertiary/aromatic N) is 3. The molecule has 0 saturated carbocycles. The molecule has 2 saturated heterocycles. The number of likely N-dealkylation sites (tertiary alicyclic amines) is 1. The Bertz CT molecular complexity index is 779. The predicted octanol–water partition coefficient (Wildman–Crippen LogP) is 2.35. The molecule has 0 spiro atoms. The van der Waals surface area contributed by atoms with E-state index in [0.717, 1.165) is 32.5 Å². The van der Waals surface area contributed by atoms with Gasteiger partial charge in [0.2, 0.25) is 5.88 Å². The number of carbonyl (C=O) groups excluding carboxylic acids is 1. The number of hydrogen-bond donors (Lipinski definition) is 1. The second-order valence-corrected chi connectivity index (χ2v) is 7.95. The van der Waals surface area contributed by atoms with Gasteiger partial charge in [-0.05, 0) is 43.0 Å². The minimum atomic E-state index is -0.121. The van der Waals surface area contributed by atoms with Crippen LogP contribution in [0, 0.1) is 5.92 Å². The maximum atomic E-state index is 11.8. The lowest BCUT2D eigenvalue weighted by molar-refractivity contribution is -0.113. The molecular weight excluding hydrogens is 364 g/mol. The smallest absolute Gasteiger partial charge is 0.213 e. The minimum absolute atomic E-state index is 0.0283. The van der Waals surface area contributed by atoms with Crippen LogP contribution in [0.5, 0.6) is 5.88 Å². The molecule has 2 unspecified atom stereocenters. The molecule has 0 amide bonds. The van der Waals surface area contributed by atoms with Crippen molar-refractivity contribution in [3.63, 3.8) is 0 Å². The zero-order valence-electron chi connectivity index (χ0n) is 15.5. The molecule has 0 aliphatic carbocycles. The standard InChI is InChI=1S/C20H25ClN4O2/c1-13-9-22-5-3-16(13)14-2-6-24-19(8-14)27-15-4-7-25(12-15)17-10-23-11-18(26)20(17)21/h2,6,8,10,13,15-16,22H,3-5,7,9,11-12H2,1H3/t13?,15-,16?/m1/s1. The molecule has 2 fully saturated rings. The number of rotatable bonds is 4. The molecule has 1 aromatic rings. The number of halogens is 1. The minimum Gasteiger partial charge on any atom is -0.472 e. The first-order chi connectivity index (χ1) is 13.1. The van der Waals surface area contributed by atoms with E-state index < -0.39 is 0 Å². The number of ketones is 1. The van der Waals surface area contributed by atoms with Crippen LogP contribution in [0.15, 0.2) is 34.1 Å². The highest BCUT2D eigenvalue weighted by molar-refractivity contribution is 6.44. The van der Waals surface area contributed by atoms with Gasteiger partial charge in [-0.1, -0.05) is 18.5 Å². The summed E-state index contributed by atoms with van der Waals surface area (Å²) in [6.07, 6.45) is 5.58. The van der Waals surface area contributed by atoms with Crippen LogP contribution >= 0.6 is 11.6 Å². The van der Waals surface area contributed by atoms with Gasteiger partial charge in [-0.2, -0.15) is 0 Å². The lowest BCUT2D eigenvalue weighted by Crippen LogP contribution is -2.33. The van der Waals surface area contributed by atoms with Crippen LogP contribution in [-0.4, -0.2) is 60.7 Å². The molecule has 3 aliphatic rings. The zero-order valence-corrected chi connectivity index (χ0v) is 16.3. The lowest BCUT2D eigenvalue weighted by Gasteiger charge is -2.30. The van der Waals surface area contributed by atoms with Crippen molar-refractivity contribution in [2.75, 3.05) is 32.7 Å². The van der Waals surface area contributed by atoms with Gasteiger partial charge in [0.25, 0.3) is 0 Å². The highest BCUT2D eigenvalue weighted by Gasteiger charge is 2.29. The fourth-order valence-electron chi connectivity index (χ4n) is 4.15. The summed E-state index contributed by atoms with van der Waals surface area (Å²) in [4.78, 5) is 22.4. The molecule has 0 bridgehead atoms. The molecule has 4 rings (SSSR count). The molecule has 0 radical (unpaired) electrons. The summed E-state index contributed by atoms with van der Waals surface area (Å²) in [5.41, 5.74) is 2.02. The summed E-state index contributed by atoms with van der Waals surface area (Å²) < 4.78 is 6.16. The summed E-state index contributed by atoms with van der Waals surface area (Å²) >= 11 is 6.18. The summed E-state index contributed by atoms with van der Waals surface area (Å²) in [5.74, 6) is 1.71. The third-order valence-corrected chi connectivity index (χ3v) is 6.07. The molecule has 3 atom stereocenters. The number of pyridine rings is 1. The van der Waals surface area contributed by atoms with Gasteiger partial charge in [-0.25, -0.2) is 4.98 Å². The van der Waals surface area contributed by atoms with Crippen LogP contribution in [0.4, 0.5) is 0 Å². The van der Waals surface area contributed by atoms with E-state index in [4.69, 9.17) is 16.3 Å². The van der Waals surface area contributed by atoms with Gasteiger partial charge in [0.1, 0.15) is 17.7 Å². The number of Topliss-reactive ketones (excluding diaryl/α,β-unsaturated/α-hetero) is 1. The number of piperidine rings is 1. The van der Waals surface area contributed by atoms with Crippen molar-refractivity contribution in [3.05, 3.63) is 34.6 Å². The molecule has 144 valence electrons. The van der Waals surface area contributed by atoms with Crippen LogP contribution < -0.4 is 10.1 Å². The normalized spacial score (nSPS) is 28.7. The summed E-state index contributed by atoms with van der Waals surface area (Å²) in [6.45, 7) is 6.01. The van der Waals surface area contributed by atoms with E-state index in [1.54, 1.807) is 6.21 Å². The SMILES string of the molecule is CC1CNCCC1c1ccnc(O[C@@H]2CCN(C3=C(Cl)C(=O)CN=C3)C2)c1. The van der Waals surface area contributed by atoms with Crippen molar-refractivity contribution in [1.29, 1.82) is 0 Å². The number of allylic oxidation sites excluding steroid dienone is 1. The quantitative estimate of drug-likeness (QED) is 0.857. The third-order valence-electron chi connectivity index (χ3n) is 5.66. The highest BCUT2D eigenvalue weighted by Crippen LogP contribution is 2.32. The average molecular weight is 389 g/mol. The van der Waals surface area contributed by atoms with Crippen LogP contribution in [0.1, 0.15) is 31.2 Å². The van der Waals surface area contributed by atoms with Gasteiger partial charge in [-0.3, -0.25) is 9.79 Å². The van der Waals surface area contributed by atoms with E-state index in [1.807, 2.05) is 6.20 Å². The van der Waals surface area contributed by atoms with Crippen molar-refractivity contribution in [3.8, 4) is 5.88 Å². The molecule has 1 aromatic heterocycles. The zero-order chi connectivity index (χ0) is 18.8. The Kier molecular flexibility index (Phi) is 5.45. The van der Waals surface area contributed by atoms with Crippen molar-refractivity contribution in [2.45, 2.75) is 31.8 Å². The largest absolute Gasteiger partial charge is 0.472 e. The van der Waals surface area contributed by atoms with Gasteiger partial charge < -0.3 is 15.0 Å². The number of aromatic nitrogens is 1. The molecule has 0 aromatic carbocycles. The Morgan fingerprint density at radius 1 is 1.37 bits per heavy atom. The highest BCUT2D eigenvalue weighted by atomic mass is 35.5. The van der Waals surface area contributed by atoms with Crippen molar-refractivity contribution in [1.82, 2.24) is 15.2 Å². The molecule has 27 heavy (non-hydrogen) atoms. The predicted molar refractivity (Wildman–Crippen MR) is 105 cm³/mol. The van der Waals surface area contributed by atoms with E-state index in [2.05, 4.69) is 39.2 Å². The maximum Gasteiger partial charge on any atom is 0.213 e. The Morgan fingerprint density at radius 3 is 3.11 bits per heavy atom. The Labute approximate surface area is 164 Å². The summed E-state index contributed by atoms with van der Waals surface area (Å²) in [6, 6.07) is 4.20. The number of dihydropyridines is 1. The van der Waals surface area contributed by atoms with Gasteiger partial charge in [0.05, 0.1) is 12.2 Å². The number of ether oxygens (including phenoxy) is 1. The number of carbonyl (C=O) groups is 1. The molecule has 1 N–H and O–H groups in total.